The van der Waals surface area contributed by atoms with Gasteiger partial charge >= 0.3 is 12.1 Å². The van der Waals surface area contributed by atoms with E-state index in [1.807, 2.05) is 126 Å². The first-order valence-electron chi connectivity index (χ1n) is 23.0. The second-order valence-electron chi connectivity index (χ2n) is 17.9. The van der Waals surface area contributed by atoms with E-state index in [2.05, 4.69) is 16.4 Å². The van der Waals surface area contributed by atoms with E-state index in [4.69, 9.17) is 14.5 Å². The molecule has 6 aromatic rings. The number of esters is 1. The van der Waals surface area contributed by atoms with E-state index in [1.54, 1.807) is 32.6 Å². The fourth-order valence-electron chi connectivity index (χ4n) is 9.36. The van der Waals surface area contributed by atoms with Crippen LogP contribution in [0.15, 0.2) is 115 Å². The van der Waals surface area contributed by atoms with E-state index < -0.39 is 30.1 Å². The summed E-state index contributed by atoms with van der Waals surface area (Å²) in [6.07, 6.45) is 3.66. The molecule has 2 aliphatic heterocycles. The summed E-state index contributed by atoms with van der Waals surface area (Å²) in [5.74, 6) is -0.857. The number of hydrogen-bond donors (Lipinski definition) is 2. The Morgan fingerprint density at radius 1 is 0.742 bits per heavy atom. The zero-order chi connectivity index (χ0) is 46.5. The zero-order valence-electron chi connectivity index (χ0n) is 38.2. The minimum absolute atomic E-state index is 0.0230. The van der Waals surface area contributed by atoms with Crippen molar-refractivity contribution in [3.63, 3.8) is 0 Å². The Labute approximate surface area is 385 Å². The van der Waals surface area contributed by atoms with E-state index in [0.717, 1.165) is 63.2 Å². The van der Waals surface area contributed by atoms with Gasteiger partial charge < -0.3 is 34.1 Å². The molecule has 4 heterocycles. The van der Waals surface area contributed by atoms with Gasteiger partial charge in [0.25, 0.3) is 5.91 Å². The molecule has 342 valence electrons. The number of fused-ring (bicyclic) bond motifs is 1. The van der Waals surface area contributed by atoms with Crippen molar-refractivity contribution in [3.8, 4) is 22.5 Å². The van der Waals surface area contributed by atoms with E-state index in [1.165, 1.54) is 0 Å². The fraction of sp³-hybridized carbons (Fsp3) is 0.358. The maximum Gasteiger partial charge on any atom is 0.408 e. The second kappa shape index (κ2) is 20.0. The molecule has 66 heavy (non-hydrogen) atoms. The molecular weight excluding hydrogens is 833 g/mol. The highest BCUT2D eigenvalue weighted by molar-refractivity contribution is 5.95. The number of alkyl carbamates (subject to hydrolysis) is 1. The van der Waals surface area contributed by atoms with Crippen LogP contribution in [0, 0.1) is 0 Å². The molecule has 0 unspecified atom stereocenters. The Balaban J connectivity index is 0.940. The Morgan fingerprint density at radius 3 is 2.09 bits per heavy atom. The number of amides is 3. The van der Waals surface area contributed by atoms with Crippen LogP contribution in [-0.4, -0.2) is 85.3 Å². The van der Waals surface area contributed by atoms with Gasteiger partial charge in [0.1, 0.15) is 11.9 Å². The average Bonchev–Trinajstić information content (AvgIpc) is 4.14. The molecule has 3 amide bonds. The molecule has 0 bridgehead atoms. The number of aryl methyl sites for hydroxylation is 1. The summed E-state index contributed by atoms with van der Waals surface area (Å²) >= 11 is 0. The fourth-order valence-corrected chi connectivity index (χ4v) is 9.36. The lowest BCUT2D eigenvalue weighted by Crippen LogP contribution is -2.44. The summed E-state index contributed by atoms with van der Waals surface area (Å²) in [5.41, 5.74) is 6.84. The molecule has 2 N–H and O–H groups in total. The number of likely N-dealkylation sites (tertiary alicyclic amines) is 2. The monoisotopic (exact) mass is 890 g/mol. The highest BCUT2D eigenvalue weighted by atomic mass is 16.6. The van der Waals surface area contributed by atoms with Gasteiger partial charge in [-0.2, -0.15) is 0 Å². The van der Waals surface area contributed by atoms with E-state index in [-0.39, 0.29) is 48.7 Å². The Kier molecular flexibility index (Phi) is 13.8. The van der Waals surface area contributed by atoms with Crippen molar-refractivity contribution >= 4 is 40.6 Å². The van der Waals surface area contributed by atoms with Gasteiger partial charge in [-0.25, -0.2) is 9.78 Å². The molecule has 4 atom stereocenters. The number of nitrogens with one attached hydrogen (secondary N) is 2. The number of Topliss-reactive ketones (excluding diaryl/α,β-unsaturated/α-hetero) is 1. The van der Waals surface area contributed by atoms with Crippen LogP contribution in [0.3, 0.4) is 0 Å². The van der Waals surface area contributed by atoms with Crippen molar-refractivity contribution < 1.29 is 33.4 Å². The summed E-state index contributed by atoms with van der Waals surface area (Å²) in [6.45, 7) is 8.11. The third-order valence-corrected chi connectivity index (χ3v) is 12.4. The van der Waals surface area contributed by atoms with Crippen LogP contribution in [0.2, 0.25) is 0 Å². The lowest BCUT2D eigenvalue weighted by atomic mass is 9.93. The maximum atomic E-state index is 14.2. The zero-order valence-corrected chi connectivity index (χ0v) is 38.2. The first-order valence-corrected chi connectivity index (χ1v) is 23.0. The second-order valence-corrected chi connectivity index (χ2v) is 17.9. The number of aromatic nitrogens is 3. The molecular formula is C53H58N6O7. The quantitative estimate of drug-likeness (QED) is 0.0969. The number of ketones is 1. The molecule has 0 saturated carbocycles. The molecule has 2 fully saturated rings. The summed E-state index contributed by atoms with van der Waals surface area (Å²) in [4.78, 5) is 79.8. The first-order chi connectivity index (χ1) is 31.8. The molecule has 2 aromatic heterocycles. The minimum Gasteiger partial charge on any atom is -0.463 e. The van der Waals surface area contributed by atoms with E-state index in [0.29, 0.717) is 31.5 Å². The SMILES string of the molecule is CC(C)OC(=O)C[C@@H](C(=O)N1CCC[C@H]1C(=O)Cc1ccc2[nH]c(-c3ccc(-c4cn(C)c([C@@H]5CCCN5C(=O)[C@H](NC(=O)OC(C)C)c5ccccc5)n4)cc3)cc2c1)c1ccccc1. The predicted octanol–water partition coefficient (Wildman–Crippen LogP) is 9.00. The Bertz CT molecular complexity index is 2690. The average molecular weight is 891 g/mol. The van der Waals surface area contributed by atoms with Crippen LogP contribution < -0.4 is 5.32 Å². The number of rotatable bonds is 15. The van der Waals surface area contributed by atoms with Crippen LogP contribution in [0.5, 0.6) is 0 Å². The lowest BCUT2D eigenvalue weighted by Gasteiger charge is -2.29. The topological polar surface area (TPSA) is 156 Å². The molecule has 13 heteroatoms. The predicted molar refractivity (Wildman–Crippen MR) is 252 cm³/mol. The molecule has 2 aliphatic rings. The summed E-state index contributed by atoms with van der Waals surface area (Å²) in [7, 11) is 1.94. The molecule has 0 aliphatic carbocycles. The third kappa shape index (κ3) is 10.3. The van der Waals surface area contributed by atoms with Crippen LogP contribution in [0.1, 0.15) is 100 Å². The number of carbonyl (C=O) groups is 5. The number of nitrogens with zero attached hydrogens (tertiary/aromatic N) is 4. The Hall–Kier alpha value is -7.02. The van der Waals surface area contributed by atoms with Crippen LogP contribution in [-0.2, 0) is 42.1 Å². The molecule has 0 radical (unpaired) electrons. The van der Waals surface area contributed by atoms with Gasteiger partial charge in [0.15, 0.2) is 5.78 Å². The van der Waals surface area contributed by atoms with Crippen molar-refractivity contribution in [2.24, 2.45) is 7.05 Å². The van der Waals surface area contributed by atoms with Crippen LogP contribution in [0.25, 0.3) is 33.4 Å². The highest BCUT2D eigenvalue weighted by Crippen LogP contribution is 2.36. The van der Waals surface area contributed by atoms with Gasteiger partial charge in [0.2, 0.25) is 5.91 Å². The lowest BCUT2D eigenvalue weighted by molar-refractivity contribution is -0.150. The molecule has 0 spiro atoms. The molecule has 13 nitrogen and oxygen atoms in total. The summed E-state index contributed by atoms with van der Waals surface area (Å²) in [6, 6.07) is 33.0. The first kappa shape index (κ1) is 45.5. The number of imidazole rings is 1. The largest absolute Gasteiger partial charge is 0.463 e. The maximum absolute atomic E-state index is 14.2. The number of H-pyrrole nitrogens is 1. The number of aromatic amines is 1. The number of hydrogen-bond acceptors (Lipinski definition) is 8. The highest BCUT2D eigenvalue weighted by Gasteiger charge is 2.40. The van der Waals surface area contributed by atoms with Gasteiger partial charge in [-0.1, -0.05) is 91.0 Å². The van der Waals surface area contributed by atoms with E-state index >= 15 is 0 Å². The van der Waals surface area contributed by atoms with Gasteiger partial charge in [-0.3, -0.25) is 19.2 Å². The minimum atomic E-state index is -0.905. The van der Waals surface area contributed by atoms with Gasteiger partial charge in [-0.05, 0) is 93.8 Å². The van der Waals surface area contributed by atoms with Crippen LogP contribution >= 0.6 is 0 Å². The normalized spacial score (nSPS) is 17.0. The van der Waals surface area contributed by atoms with Gasteiger partial charge in [0, 0.05) is 54.9 Å². The van der Waals surface area contributed by atoms with Gasteiger partial charge in [-0.15, -0.1) is 0 Å². The van der Waals surface area contributed by atoms with Crippen molar-refractivity contribution in [2.75, 3.05) is 13.1 Å². The van der Waals surface area contributed by atoms with Crippen molar-refractivity contribution in [3.05, 3.63) is 138 Å². The number of benzene rings is 4. The summed E-state index contributed by atoms with van der Waals surface area (Å²) in [5, 5.41) is 3.78. The van der Waals surface area contributed by atoms with Crippen LogP contribution in [0.4, 0.5) is 4.79 Å². The summed E-state index contributed by atoms with van der Waals surface area (Å²) < 4.78 is 12.7. The number of carbonyl (C=O) groups excluding carboxylic acids is 5. The van der Waals surface area contributed by atoms with E-state index in [9.17, 15) is 24.0 Å². The standard InChI is InChI=1S/C53H58N6O7/c1-33(2)65-48(61)31-41(36-14-8-6-9-15-36)51(62)58-26-12-18-45(58)47(60)29-35-20-25-42-40(28-35)30-43(54-42)37-21-23-38(24-22-37)44-32-57(5)50(55-44)46-19-13-27-59(46)52(63)49(39-16-10-7-11-17-39)56-53(64)66-34(3)4/h6-11,14-17,20-25,28,30,32-34,41,45-46,49,54H,12-13,18-19,26-27,29,31H2,1-5H3,(H,56,64)/t41-,45+,46+,49-/m1/s1. The molecule has 4 aromatic carbocycles. The third-order valence-electron chi connectivity index (χ3n) is 12.4. The van der Waals surface area contributed by atoms with Crippen molar-refractivity contribution in [2.45, 2.75) is 102 Å². The molecule has 2 saturated heterocycles. The molecule has 8 rings (SSSR count). The smallest absolute Gasteiger partial charge is 0.408 e. The Morgan fingerprint density at radius 2 is 1.39 bits per heavy atom. The van der Waals surface area contributed by atoms with Crippen molar-refractivity contribution in [1.29, 1.82) is 0 Å². The van der Waals surface area contributed by atoms with Crippen molar-refractivity contribution in [1.82, 2.24) is 29.7 Å². The van der Waals surface area contributed by atoms with Gasteiger partial charge in [0.05, 0.1) is 42.3 Å². The number of ether oxygens (including phenoxy) is 2.